The van der Waals surface area contributed by atoms with Crippen LogP contribution in [0.15, 0.2) is 24.3 Å². The van der Waals surface area contributed by atoms with Gasteiger partial charge in [-0.1, -0.05) is 31.4 Å². The standard InChI is InChI=1S/C17H23FN2O3/c18-13-8-6-12(7-9-13)10-16(22)20-15(11-21)17(23)19-14-4-2-1-3-5-14/h6-9,14-15,21H,1-5,10-11H2,(H,19,23)(H,20,22)/t15-/m0/s1. The summed E-state index contributed by atoms with van der Waals surface area (Å²) in [5.74, 6) is -1.10. The molecule has 23 heavy (non-hydrogen) atoms. The van der Waals surface area contributed by atoms with Gasteiger partial charge in [0.05, 0.1) is 13.0 Å². The van der Waals surface area contributed by atoms with Crippen molar-refractivity contribution in [3.05, 3.63) is 35.6 Å². The Morgan fingerprint density at radius 2 is 1.83 bits per heavy atom. The highest BCUT2D eigenvalue weighted by molar-refractivity contribution is 5.88. The van der Waals surface area contributed by atoms with E-state index in [1.165, 1.54) is 30.7 Å². The number of amides is 2. The third kappa shape index (κ3) is 5.63. The Labute approximate surface area is 135 Å². The topological polar surface area (TPSA) is 78.4 Å². The third-order valence-electron chi connectivity index (χ3n) is 4.06. The maximum absolute atomic E-state index is 12.8. The van der Waals surface area contributed by atoms with Crippen LogP contribution in [0.4, 0.5) is 4.39 Å². The molecule has 0 bridgehead atoms. The van der Waals surface area contributed by atoms with E-state index in [9.17, 15) is 19.1 Å². The largest absolute Gasteiger partial charge is 0.394 e. The zero-order valence-corrected chi connectivity index (χ0v) is 13.1. The van der Waals surface area contributed by atoms with Crippen molar-refractivity contribution < 1.29 is 19.1 Å². The monoisotopic (exact) mass is 322 g/mol. The van der Waals surface area contributed by atoms with Crippen LogP contribution in [0.2, 0.25) is 0 Å². The smallest absolute Gasteiger partial charge is 0.245 e. The molecule has 0 aromatic heterocycles. The van der Waals surface area contributed by atoms with Crippen LogP contribution in [0.25, 0.3) is 0 Å². The van der Waals surface area contributed by atoms with Gasteiger partial charge in [-0.3, -0.25) is 9.59 Å². The maximum atomic E-state index is 12.8. The van der Waals surface area contributed by atoms with Gasteiger partial charge in [-0.25, -0.2) is 4.39 Å². The van der Waals surface area contributed by atoms with Gasteiger partial charge in [0.2, 0.25) is 11.8 Å². The third-order valence-corrected chi connectivity index (χ3v) is 4.06. The zero-order valence-electron chi connectivity index (χ0n) is 13.1. The molecule has 3 N–H and O–H groups in total. The average molecular weight is 322 g/mol. The normalized spacial score (nSPS) is 16.6. The van der Waals surface area contributed by atoms with Crippen LogP contribution in [-0.2, 0) is 16.0 Å². The number of carbonyl (C=O) groups excluding carboxylic acids is 2. The molecule has 0 heterocycles. The first-order valence-corrected chi connectivity index (χ1v) is 8.03. The van der Waals surface area contributed by atoms with E-state index in [0.29, 0.717) is 5.56 Å². The summed E-state index contributed by atoms with van der Waals surface area (Å²) in [4.78, 5) is 24.1. The van der Waals surface area contributed by atoms with Crippen LogP contribution in [0, 0.1) is 5.82 Å². The lowest BCUT2D eigenvalue weighted by atomic mass is 9.95. The summed E-state index contributed by atoms with van der Waals surface area (Å²) in [6.07, 6.45) is 5.27. The molecule has 1 fully saturated rings. The lowest BCUT2D eigenvalue weighted by Crippen LogP contribution is -2.52. The van der Waals surface area contributed by atoms with E-state index in [0.717, 1.165) is 25.7 Å². The fourth-order valence-corrected chi connectivity index (χ4v) is 2.78. The van der Waals surface area contributed by atoms with Gasteiger partial charge in [0.1, 0.15) is 11.9 Å². The van der Waals surface area contributed by atoms with E-state index in [2.05, 4.69) is 10.6 Å². The molecule has 1 aliphatic rings. The molecule has 1 aromatic rings. The molecule has 0 radical (unpaired) electrons. The number of halogens is 1. The summed E-state index contributed by atoms with van der Waals surface area (Å²) in [6, 6.07) is 4.77. The second-order valence-corrected chi connectivity index (χ2v) is 5.95. The Hall–Kier alpha value is -1.95. The number of aliphatic hydroxyl groups is 1. The second-order valence-electron chi connectivity index (χ2n) is 5.95. The highest BCUT2D eigenvalue weighted by atomic mass is 19.1. The Balaban J connectivity index is 1.83. The molecule has 0 spiro atoms. The van der Waals surface area contributed by atoms with Gasteiger partial charge in [-0.2, -0.15) is 0 Å². The molecule has 1 atom stereocenters. The fourth-order valence-electron chi connectivity index (χ4n) is 2.78. The van der Waals surface area contributed by atoms with Crippen molar-refractivity contribution in [3.8, 4) is 0 Å². The fraction of sp³-hybridized carbons (Fsp3) is 0.529. The summed E-state index contributed by atoms with van der Waals surface area (Å²) in [5, 5.41) is 14.8. The van der Waals surface area contributed by atoms with E-state index >= 15 is 0 Å². The van der Waals surface area contributed by atoms with Crippen molar-refractivity contribution in [2.45, 2.75) is 50.6 Å². The number of rotatable bonds is 6. The number of benzene rings is 1. The number of carbonyl (C=O) groups is 2. The number of hydrogen-bond acceptors (Lipinski definition) is 3. The van der Waals surface area contributed by atoms with Crippen LogP contribution in [-0.4, -0.2) is 35.6 Å². The highest BCUT2D eigenvalue weighted by Crippen LogP contribution is 2.17. The summed E-state index contributed by atoms with van der Waals surface area (Å²) in [6.45, 7) is -0.451. The molecule has 6 heteroatoms. The second kappa shape index (κ2) is 8.62. The molecule has 2 rings (SSSR count). The number of aliphatic hydroxyl groups excluding tert-OH is 1. The average Bonchev–Trinajstić information content (AvgIpc) is 2.55. The molecule has 1 saturated carbocycles. The van der Waals surface area contributed by atoms with E-state index in [-0.39, 0.29) is 30.1 Å². The van der Waals surface area contributed by atoms with Gasteiger partial charge in [0.15, 0.2) is 0 Å². The van der Waals surface area contributed by atoms with E-state index < -0.39 is 12.6 Å². The first-order valence-electron chi connectivity index (χ1n) is 8.03. The van der Waals surface area contributed by atoms with Crippen molar-refractivity contribution in [1.29, 1.82) is 0 Å². The minimum absolute atomic E-state index is 0.0352. The van der Waals surface area contributed by atoms with Crippen LogP contribution in [0.1, 0.15) is 37.7 Å². The number of hydrogen-bond donors (Lipinski definition) is 3. The molecule has 0 saturated heterocycles. The molecule has 1 aliphatic carbocycles. The van der Waals surface area contributed by atoms with Gasteiger partial charge in [0, 0.05) is 6.04 Å². The Kier molecular flexibility index (Phi) is 6.52. The number of nitrogens with one attached hydrogen (secondary N) is 2. The van der Waals surface area contributed by atoms with Crippen molar-refractivity contribution in [3.63, 3.8) is 0 Å². The minimum Gasteiger partial charge on any atom is -0.394 e. The predicted molar refractivity (Wildman–Crippen MR) is 84.1 cm³/mol. The van der Waals surface area contributed by atoms with E-state index in [1.807, 2.05) is 0 Å². The molecule has 0 aliphatic heterocycles. The van der Waals surface area contributed by atoms with Crippen LogP contribution >= 0.6 is 0 Å². The van der Waals surface area contributed by atoms with Gasteiger partial charge in [0.25, 0.3) is 0 Å². The van der Waals surface area contributed by atoms with Crippen LogP contribution in [0.5, 0.6) is 0 Å². The maximum Gasteiger partial charge on any atom is 0.245 e. The van der Waals surface area contributed by atoms with Gasteiger partial charge < -0.3 is 15.7 Å². The summed E-state index contributed by atoms with van der Waals surface area (Å²) < 4.78 is 12.8. The quantitative estimate of drug-likeness (QED) is 0.738. The molecule has 2 amide bonds. The Bertz CT molecular complexity index is 527. The van der Waals surface area contributed by atoms with Crippen molar-refractivity contribution in [1.82, 2.24) is 10.6 Å². The lowest BCUT2D eigenvalue weighted by Gasteiger charge is -2.25. The van der Waals surface area contributed by atoms with Crippen molar-refractivity contribution in [2.75, 3.05) is 6.61 Å². The molecule has 1 aromatic carbocycles. The van der Waals surface area contributed by atoms with Gasteiger partial charge in [-0.05, 0) is 30.5 Å². The predicted octanol–water partition coefficient (Wildman–Crippen LogP) is 1.29. The van der Waals surface area contributed by atoms with Gasteiger partial charge in [-0.15, -0.1) is 0 Å². The van der Waals surface area contributed by atoms with Crippen molar-refractivity contribution >= 4 is 11.8 Å². The Morgan fingerprint density at radius 3 is 2.43 bits per heavy atom. The SMILES string of the molecule is O=C(Cc1ccc(F)cc1)N[C@@H](CO)C(=O)NC1CCCCC1. The zero-order chi connectivity index (χ0) is 16.7. The molecule has 126 valence electrons. The van der Waals surface area contributed by atoms with E-state index in [4.69, 9.17) is 0 Å². The van der Waals surface area contributed by atoms with Crippen LogP contribution < -0.4 is 10.6 Å². The molecular weight excluding hydrogens is 299 g/mol. The van der Waals surface area contributed by atoms with Crippen molar-refractivity contribution in [2.24, 2.45) is 0 Å². The summed E-state index contributed by atoms with van der Waals surface area (Å²) >= 11 is 0. The highest BCUT2D eigenvalue weighted by Gasteiger charge is 2.23. The Morgan fingerprint density at radius 1 is 1.17 bits per heavy atom. The van der Waals surface area contributed by atoms with Gasteiger partial charge >= 0.3 is 0 Å². The molecule has 0 unspecified atom stereocenters. The van der Waals surface area contributed by atoms with E-state index in [1.54, 1.807) is 0 Å². The first-order chi connectivity index (χ1) is 11.1. The summed E-state index contributed by atoms with van der Waals surface area (Å²) in [7, 11) is 0. The van der Waals surface area contributed by atoms with Crippen LogP contribution in [0.3, 0.4) is 0 Å². The first kappa shape index (κ1) is 17.4. The minimum atomic E-state index is -0.954. The molecule has 5 nitrogen and oxygen atoms in total. The molecular formula is C17H23FN2O3. The lowest BCUT2D eigenvalue weighted by molar-refractivity contribution is -0.130. The summed E-state index contributed by atoms with van der Waals surface area (Å²) in [5.41, 5.74) is 0.647.